The van der Waals surface area contributed by atoms with Crippen molar-refractivity contribution in [1.82, 2.24) is 5.32 Å². The Hall–Kier alpha value is -3.25. The summed E-state index contributed by atoms with van der Waals surface area (Å²) in [5.41, 5.74) is 10.8. The number of nitrogens with zero attached hydrogens (tertiary/aromatic N) is 1. The van der Waals surface area contributed by atoms with Crippen LogP contribution in [0.3, 0.4) is 0 Å². The van der Waals surface area contributed by atoms with Gasteiger partial charge in [0.15, 0.2) is 0 Å². The number of nitrogens with two attached hydrogens (primary N) is 1. The van der Waals surface area contributed by atoms with Gasteiger partial charge in [-0.05, 0) is 41.3 Å². The van der Waals surface area contributed by atoms with Crippen molar-refractivity contribution in [3.8, 4) is 0 Å². The third-order valence-electron chi connectivity index (χ3n) is 5.33. The second-order valence-electron chi connectivity index (χ2n) is 7.55. The third kappa shape index (κ3) is 5.27. The SMILES string of the molecule is NC(=O)CSc1ccccc1C(=O)NCc1ccc(CN2CCc3ccccc32)cc1. The van der Waals surface area contributed by atoms with Crippen molar-refractivity contribution in [1.29, 1.82) is 0 Å². The van der Waals surface area contributed by atoms with Crippen LogP contribution in [0.1, 0.15) is 27.0 Å². The van der Waals surface area contributed by atoms with Crippen molar-refractivity contribution >= 4 is 29.3 Å². The van der Waals surface area contributed by atoms with Gasteiger partial charge in [0, 0.05) is 30.2 Å². The zero-order chi connectivity index (χ0) is 21.6. The molecular formula is C25H25N3O2S. The molecule has 0 saturated heterocycles. The highest BCUT2D eigenvalue weighted by molar-refractivity contribution is 8.00. The maximum atomic E-state index is 12.7. The molecule has 0 atom stereocenters. The number of rotatable bonds is 8. The van der Waals surface area contributed by atoms with Crippen LogP contribution in [0.25, 0.3) is 0 Å². The summed E-state index contributed by atoms with van der Waals surface area (Å²) in [7, 11) is 0. The molecule has 5 nitrogen and oxygen atoms in total. The number of benzene rings is 3. The summed E-state index contributed by atoms with van der Waals surface area (Å²) in [6.07, 6.45) is 1.10. The molecule has 6 heteroatoms. The molecule has 0 unspecified atom stereocenters. The molecule has 3 N–H and O–H groups in total. The molecule has 0 aromatic heterocycles. The van der Waals surface area contributed by atoms with Gasteiger partial charge in [-0.2, -0.15) is 0 Å². The molecule has 1 heterocycles. The number of fused-ring (bicyclic) bond motifs is 1. The Morgan fingerprint density at radius 1 is 0.935 bits per heavy atom. The zero-order valence-electron chi connectivity index (χ0n) is 17.2. The average Bonchev–Trinajstić information content (AvgIpc) is 3.20. The Bertz CT molecular complexity index is 1080. The summed E-state index contributed by atoms with van der Waals surface area (Å²) in [5.74, 6) is -0.421. The molecule has 1 aliphatic rings. The Balaban J connectivity index is 1.34. The van der Waals surface area contributed by atoms with Crippen LogP contribution >= 0.6 is 11.8 Å². The summed E-state index contributed by atoms with van der Waals surface area (Å²) < 4.78 is 0. The first-order chi connectivity index (χ1) is 15.1. The number of thioether (sulfide) groups is 1. The highest BCUT2D eigenvalue weighted by Crippen LogP contribution is 2.28. The summed E-state index contributed by atoms with van der Waals surface area (Å²) >= 11 is 1.28. The molecule has 158 valence electrons. The van der Waals surface area contributed by atoms with Gasteiger partial charge < -0.3 is 16.0 Å². The maximum absolute atomic E-state index is 12.7. The van der Waals surface area contributed by atoms with Gasteiger partial charge in [-0.25, -0.2) is 0 Å². The first-order valence-corrected chi connectivity index (χ1v) is 11.3. The largest absolute Gasteiger partial charge is 0.369 e. The van der Waals surface area contributed by atoms with Gasteiger partial charge in [-0.3, -0.25) is 9.59 Å². The Kier molecular flexibility index (Phi) is 6.57. The van der Waals surface area contributed by atoms with Gasteiger partial charge in [-0.15, -0.1) is 11.8 Å². The van der Waals surface area contributed by atoms with E-state index in [-0.39, 0.29) is 11.7 Å². The number of nitrogens with one attached hydrogen (secondary N) is 1. The smallest absolute Gasteiger partial charge is 0.252 e. The summed E-state index contributed by atoms with van der Waals surface area (Å²) in [4.78, 5) is 26.9. The zero-order valence-corrected chi connectivity index (χ0v) is 18.0. The summed E-state index contributed by atoms with van der Waals surface area (Å²) in [6, 6.07) is 24.2. The second-order valence-corrected chi connectivity index (χ2v) is 8.57. The van der Waals surface area contributed by atoms with E-state index in [4.69, 9.17) is 5.73 Å². The van der Waals surface area contributed by atoms with Gasteiger partial charge >= 0.3 is 0 Å². The molecular weight excluding hydrogens is 406 g/mol. The second kappa shape index (κ2) is 9.71. The molecule has 4 rings (SSSR count). The van der Waals surface area contributed by atoms with E-state index in [0.29, 0.717) is 12.1 Å². The average molecular weight is 432 g/mol. The fraction of sp³-hybridized carbons (Fsp3) is 0.200. The molecule has 0 spiro atoms. The summed E-state index contributed by atoms with van der Waals surface area (Å²) in [6.45, 7) is 2.37. The number of carbonyl (C=O) groups excluding carboxylic acids is 2. The van der Waals surface area contributed by atoms with E-state index in [2.05, 4.69) is 58.7 Å². The molecule has 0 radical (unpaired) electrons. The highest BCUT2D eigenvalue weighted by atomic mass is 32.2. The van der Waals surface area contributed by atoms with Crippen molar-refractivity contribution in [2.45, 2.75) is 24.4 Å². The molecule has 3 aromatic carbocycles. The molecule has 0 bridgehead atoms. The molecule has 0 aliphatic carbocycles. The van der Waals surface area contributed by atoms with Gasteiger partial charge in [0.25, 0.3) is 5.91 Å². The van der Waals surface area contributed by atoms with E-state index in [1.54, 1.807) is 6.07 Å². The first-order valence-electron chi connectivity index (χ1n) is 10.3. The number of anilines is 1. The molecule has 31 heavy (non-hydrogen) atoms. The van der Waals surface area contributed by atoms with Crippen molar-refractivity contribution in [3.05, 3.63) is 95.1 Å². The van der Waals surface area contributed by atoms with Gasteiger partial charge in [0.05, 0.1) is 11.3 Å². The van der Waals surface area contributed by atoms with E-state index in [9.17, 15) is 9.59 Å². The number of amides is 2. The van der Waals surface area contributed by atoms with Crippen LogP contribution in [0.5, 0.6) is 0 Å². The normalized spacial score (nSPS) is 12.5. The van der Waals surface area contributed by atoms with Crippen LogP contribution in [0.2, 0.25) is 0 Å². The van der Waals surface area contributed by atoms with Gasteiger partial charge in [0.2, 0.25) is 5.91 Å². The number of primary amides is 1. The maximum Gasteiger partial charge on any atom is 0.252 e. The van der Waals surface area contributed by atoms with Gasteiger partial charge in [0.1, 0.15) is 0 Å². The molecule has 3 aromatic rings. The van der Waals surface area contributed by atoms with Crippen LogP contribution < -0.4 is 16.0 Å². The van der Waals surface area contributed by atoms with E-state index in [1.807, 2.05) is 18.2 Å². The minimum atomic E-state index is -0.405. The fourth-order valence-electron chi connectivity index (χ4n) is 3.76. The minimum absolute atomic E-state index is 0.146. The van der Waals surface area contributed by atoms with E-state index in [1.165, 1.54) is 28.6 Å². The predicted molar refractivity (Wildman–Crippen MR) is 125 cm³/mol. The van der Waals surface area contributed by atoms with Gasteiger partial charge in [-0.1, -0.05) is 54.6 Å². The molecule has 0 fully saturated rings. The van der Waals surface area contributed by atoms with E-state index >= 15 is 0 Å². The molecule has 1 aliphatic heterocycles. The molecule has 0 saturated carbocycles. The van der Waals surface area contributed by atoms with Crippen LogP contribution in [-0.2, 0) is 24.3 Å². The van der Waals surface area contributed by atoms with E-state index in [0.717, 1.165) is 30.0 Å². The quantitative estimate of drug-likeness (QED) is 0.533. The first kappa shape index (κ1) is 21.0. The Labute approximate surface area is 186 Å². The number of carbonyl (C=O) groups is 2. The third-order valence-corrected chi connectivity index (χ3v) is 6.43. The van der Waals surface area contributed by atoms with Crippen molar-refractivity contribution in [2.24, 2.45) is 5.73 Å². The fourth-order valence-corrected chi connectivity index (χ4v) is 4.55. The van der Waals surface area contributed by atoms with Crippen molar-refractivity contribution in [2.75, 3.05) is 17.2 Å². The lowest BCUT2D eigenvalue weighted by molar-refractivity contribution is -0.115. The number of para-hydroxylation sites is 1. The standard InChI is InChI=1S/C25H25N3O2S/c26-24(29)17-31-23-8-4-2-6-21(23)25(30)27-15-18-9-11-19(12-10-18)16-28-14-13-20-5-1-3-7-22(20)28/h1-12H,13-17H2,(H2,26,29)(H,27,30). The predicted octanol–water partition coefficient (Wildman–Crippen LogP) is 3.76. The van der Waals surface area contributed by atoms with Crippen LogP contribution in [0.4, 0.5) is 5.69 Å². The molecule has 2 amide bonds. The minimum Gasteiger partial charge on any atom is -0.369 e. The van der Waals surface area contributed by atoms with Crippen molar-refractivity contribution < 1.29 is 9.59 Å². The lowest BCUT2D eigenvalue weighted by Gasteiger charge is -2.19. The highest BCUT2D eigenvalue weighted by Gasteiger charge is 2.18. The summed E-state index contributed by atoms with van der Waals surface area (Å²) in [5, 5.41) is 2.97. The Morgan fingerprint density at radius 2 is 1.65 bits per heavy atom. The lowest BCUT2D eigenvalue weighted by atomic mass is 10.1. The lowest BCUT2D eigenvalue weighted by Crippen LogP contribution is -2.23. The van der Waals surface area contributed by atoms with Crippen LogP contribution in [0, 0.1) is 0 Å². The monoisotopic (exact) mass is 431 g/mol. The van der Waals surface area contributed by atoms with E-state index < -0.39 is 5.91 Å². The van der Waals surface area contributed by atoms with Crippen LogP contribution in [0.15, 0.2) is 77.7 Å². The van der Waals surface area contributed by atoms with Crippen molar-refractivity contribution in [3.63, 3.8) is 0 Å². The van der Waals surface area contributed by atoms with Crippen LogP contribution in [-0.4, -0.2) is 24.1 Å². The Morgan fingerprint density at radius 3 is 2.45 bits per heavy atom. The number of hydrogen-bond acceptors (Lipinski definition) is 4. The topological polar surface area (TPSA) is 75.4 Å². The number of hydrogen-bond donors (Lipinski definition) is 2.